The van der Waals surface area contributed by atoms with Crippen LogP contribution in [0.1, 0.15) is 63.5 Å². The zero-order valence-electron chi connectivity index (χ0n) is 12.8. The second kappa shape index (κ2) is 8.82. The Kier molecular flexibility index (Phi) is 7.78. The molecule has 1 aromatic rings. The maximum Gasteiger partial charge on any atom is 0.416 e. The van der Waals surface area contributed by atoms with Crippen molar-refractivity contribution >= 4 is 15.9 Å². The monoisotopic (exact) mass is 364 g/mol. The Hall–Kier alpha value is -0.510. The van der Waals surface area contributed by atoms with Crippen LogP contribution in [0.15, 0.2) is 22.7 Å². The minimum absolute atomic E-state index is 0.569. The molecule has 0 N–H and O–H groups in total. The highest BCUT2D eigenvalue weighted by atomic mass is 79.9. The van der Waals surface area contributed by atoms with Crippen LogP contribution in [0.5, 0.6) is 0 Å². The topological polar surface area (TPSA) is 0 Å². The van der Waals surface area contributed by atoms with E-state index >= 15 is 0 Å². The summed E-state index contributed by atoms with van der Waals surface area (Å²) in [6.07, 6.45) is 3.67. The first-order chi connectivity index (χ1) is 9.88. The Morgan fingerprint density at radius 3 is 2.14 bits per heavy atom. The minimum atomic E-state index is -4.27. The standard InChI is InChI=1S/C17H24BrF3/c1-3-6-13(7-4-2)8-5-9-14-10-11-15(12-16(14)18)17(19,20)21/h10-13H,3-9H2,1-2H3. The number of hydrogen-bond donors (Lipinski definition) is 0. The summed E-state index contributed by atoms with van der Waals surface area (Å²) in [4.78, 5) is 0. The maximum atomic E-state index is 12.6. The maximum absolute atomic E-state index is 12.6. The summed E-state index contributed by atoms with van der Waals surface area (Å²) >= 11 is 3.27. The zero-order valence-corrected chi connectivity index (χ0v) is 14.4. The molecule has 0 unspecified atom stereocenters. The van der Waals surface area contributed by atoms with E-state index in [1.165, 1.54) is 37.8 Å². The average molecular weight is 365 g/mol. The van der Waals surface area contributed by atoms with Gasteiger partial charge in [0.1, 0.15) is 0 Å². The molecule has 0 radical (unpaired) electrons. The number of hydrogen-bond acceptors (Lipinski definition) is 0. The van der Waals surface area contributed by atoms with Crippen molar-refractivity contribution in [3.63, 3.8) is 0 Å². The van der Waals surface area contributed by atoms with Crippen LogP contribution < -0.4 is 0 Å². The van der Waals surface area contributed by atoms with Gasteiger partial charge in [0.2, 0.25) is 0 Å². The predicted molar refractivity (Wildman–Crippen MR) is 85.4 cm³/mol. The van der Waals surface area contributed by atoms with Gasteiger partial charge in [-0.1, -0.05) is 67.9 Å². The average Bonchev–Trinajstić information content (AvgIpc) is 2.40. The van der Waals surface area contributed by atoms with Gasteiger partial charge in [-0.05, 0) is 36.5 Å². The predicted octanol–water partition coefficient (Wildman–Crippen LogP) is 7.01. The van der Waals surface area contributed by atoms with Crippen LogP contribution in [0.3, 0.4) is 0 Å². The summed E-state index contributed by atoms with van der Waals surface area (Å²) in [6.45, 7) is 4.41. The lowest BCUT2D eigenvalue weighted by Gasteiger charge is -2.15. The van der Waals surface area contributed by atoms with Crippen molar-refractivity contribution in [2.75, 3.05) is 0 Å². The Morgan fingerprint density at radius 1 is 1.05 bits per heavy atom. The lowest BCUT2D eigenvalue weighted by molar-refractivity contribution is -0.137. The van der Waals surface area contributed by atoms with Crippen LogP contribution in [-0.2, 0) is 12.6 Å². The van der Waals surface area contributed by atoms with Crippen molar-refractivity contribution in [3.05, 3.63) is 33.8 Å². The number of benzene rings is 1. The van der Waals surface area contributed by atoms with Gasteiger partial charge in [-0.25, -0.2) is 0 Å². The molecule has 4 heteroatoms. The molecule has 0 aliphatic carbocycles. The largest absolute Gasteiger partial charge is 0.416 e. The summed E-state index contributed by atoms with van der Waals surface area (Å²) < 4.78 is 38.4. The first-order valence-electron chi connectivity index (χ1n) is 7.74. The molecular formula is C17H24BrF3. The first-order valence-corrected chi connectivity index (χ1v) is 8.53. The highest BCUT2D eigenvalue weighted by molar-refractivity contribution is 9.10. The quantitative estimate of drug-likeness (QED) is 0.465. The molecule has 0 fully saturated rings. The molecule has 0 bridgehead atoms. The summed E-state index contributed by atoms with van der Waals surface area (Å²) in [5.74, 6) is 0.758. The highest BCUT2D eigenvalue weighted by Gasteiger charge is 2.30. The van der Waals surface area contributed by atoms with Gasteiger partial charge >= 0.3 is 6.18 Å². The minimum Gasteiger partial charge on any atom is -0.166 e. The van der Waals surface area contributed by atoms with Crippen molar-refractivity contribution in [3.8, 4) is 0 Å². The Morgan fingerprint density at radius 2 is 1.67 bits per heavy atom. The molecule has 0 spiro atoms. The van der Waals surface area contributed by atoms with E-state index in [0.29, 0.717) is 4.47 Å². The van der Waals surface area contributed by atoms with Gasteiger partial charge in [0.25, 0.3) is 0 Å². The second-order valence-electron chi connectivity index (χ2n) is 5.64. The van der Waals surface area contributed by atoms with Crippen molar-refractivity contribution in [1.82, 2.24) is 0 Å². The normalized spacial score (nSPS) is 12.1. The smallest absolute Gasteiger partial charge is 0.166 e. The third-order valence-corrected chi connectivity index (χ3v) is 4.57. The molecule has 0 aliphatic heterocycles. The zero-order chi connectivity index (χ0) is 15.9. The molecule has 0 saturated heterocycles. The third kappa shape index (κ3) is 6.41. The molecule has 0 nitrogen and oxygen atoms in total. The number of rotatable bonds is 8. The van der Waals surface area contributed by atoms with Crippen molar-refractivity contribution in [2.45, 2.75) is 65.0 Å². The van der Waals surface area contributed by atoms with Crippen LogP contribution in [0.2, 0.25) is 0 Å². The second-order valence-corrected chi connectivity index (χ2v) is 6.49. The van der Waals surface area contributed by atoms with E-state index in [1.54, 1.807) is 6.07 Å². The molecule has 21 heavy (non-hydrogen) atoms. The van der Waals surface area contributed by atoms with Crippen LogP contribution in [-0.4, -0.2) is 0 Å². The van der Waals surface area contributed by atoms with E-state index in [4.69, 9.17) is 0 Å². The summed E-state index contributed by atoms with van der Waals surface area (Å²) in [5, 5.41) is 0. The molecule has 1 aromatic carbocycles. The lowest BCUT2D eigenvalue weighted by Crippen LogP contribution is -2.05. The Bertz CT molecular complexity index is 421. The Balaban J connectivity index is 2.56. The van der Waals surface area contributed by atoms with Gasteiger partial charge < -0.3 is 0 Å². The molecule has 0 saturated carbocycles. The molecule has 0 aliphatic rings. The van der Waals surface area contributed by atoms with E-state index < -0.39 is 11.7 Å². The SMILES string of the molecule is CCCC(CCC)CCCc1ccc(C(F)(F)F)cc1Br. The van der Waals surface area contributed by atoms with E-state index in [-0.39, 0.29) is 0 Å². The molecule has 1 rings (SSSR count). The molecular weight excluding hydrogens is 341 g/mol. The highest BCUT2D eigenvalue weighted by Crippen LogP contribution is 2.33. The van der Waals surface area contributed by atoms with Gasteiger partial charge in [0.05, 0.1) is 5.56 Å². The van der Waals surface area contributed by atoms with E-state index in [0.717, 1.165) is 30.7 Å². The first kappa shape index (κ1) is 18.5. The summed E-state index contributed by atoms with van der Waals surface area (Å²) in [5.41, 5.74) is 0.378. The Labute approximate surface area is 134 Å². The molecule has 120 valence electrons. The molecule has 0 amide bonds. The third-order valence-electron chi connectivity index (χ3n) is 3.83. The summed E-state index contributed by atoms with van der Waals surface area (Å²) in [6, 6.07) is 3.96. The van der Waals surface area contributed by atoms with Crippen LogP contribution in [0.25, 0.3) is 0 Å². The van der Waals surface area contributed by atoms with Gasteiger partial charge in [0.15, 0.2) is 0 Å². The van der Waals surface area contributed by atoms with E-state index in [1.807, 2.05) is 0 Å². The van der Waals surface area contributed by atoms with Crippen molar-refractivity contribution in [1.29, 1.82) is 0 Å². The van der Waals surface area contributed by atoms with Gasteiger partial charge in [-0.15, -0.1) is 0 Å². The molecule has 0 atom stereocenters. The number of halogens is 4. The fourth-order valence-corrected chi connectivity index (χ4v) is 3.33. The molecule has 0 aromatic heterocycles. The van der Waals surface area contributed by atoms with Crippen molar-refractivity contribution < 1.29 is 13.2 Å². The van der Waals surface area contributed by atoms with Gasteiger partial charge in [-0.2, -0.15) is 13.2 Å². The van der Waals surface area contributed by atoms with Crippen LogP contribution in [0, 0.1) is 5.92 Å². The fourth-order valence-electron chi connectivity index (χ4n) is 2.76. The summed E-state index contributed by atoms with van der Waals surface area (Å²) in [7, 11) is 0. The molecule has 0 heterocycles. The van der Waals surface area contributed by atoms with Gasteiger partial charge in [-0.3, -0.25) is 0 Å². The van der Waals surface area contributed by atoms with E-state index in [2.05, 4.69) is 29.8 Å². The van der Waals surface area contributed by atoms with E-state index in [9.17, 15) is 13.2 Å². The van der Waals surface area contributed by atoms with Gasteiger partial charge in [0, 0.05) is 4.47 Å². The fraction of sp³-hybridized carbons (Fsp3) is 0.647. The number of alkyl halides is 3. The van der Waals surface area contributed by atoms with Crippen LogP contribution in [0.4, 0.5) is 13.2 Å². The van der Waals surface area contributed by atoms with Crippen LogP contribution >= 0.6 is 15.9 Å². The lowest BCUT2D eigenvalue weighted by atomic mass is 9.91. The van der Waals surface area contributed by atoms with Crippen molar-refractivity contribution in [2.24, 2.45) is 5.92 Å². The number of aryl methyl sites for hydroxylation is 1.